The van der Waals surface area contributed by atoms with E-state index in [0.29, 0.717) is 28.2 Å². The van der Waals surface area contributed by atoms with Gasteiger partial charge in [0.1, 0.15) is 11.6 Å². The largest absolute Gasteiger partial charge is 0.394 e. The molecule has 0 bridgehead atoms. The average molecular weight is 326 g/mol. The van der Waals surface area contributed by atoms with E-state index in [4.69, 9.17) is 23.2 Å². The Kier molecular flexibility index (Phi) is 5.67. The van der Waals surface area contributed by atoms with Crippen molar-refractivity contribution in [2.75, 3.05) is 23.8 Å². The molecule has 3 N–H and O–H groups in total. The molecular weight excluding hydrogens is 309 g/mol. The summed E-state index contributed by atoms with van der Waals surface area (Å²) in [7, 11) is 0. The Labute approximate surface area is 134 Å². The van der Waals surface area contributed by atoms with Crippen molar-refractivity contribution in [3.63, 3.8) is 0 Å². The molecule has 0 aliphatic carbocycles. The second-order valence-electron chi connectivity index (χ2n) is 4.47. The van der Waals surface area contributed by atoms with Crippen LogP contribution in [0.25, 0.3) is 0 Å². The van der Waals surface area contributed by atoms with Gasteiger partial charge in [-0.1, -0.05) is 53.5 Å². The van der Waals surface area contributed by atoms with E-state index < -0.39 is 0 Å². The normalized spacial score (nSPS) is 12.0. The van der Waals surface area contributed by atoms with Gasteiger partial charge in [0.05, 0.1) is 22.7 Å². The molecule has 0 aliphatic rings. The molecule has 6 heteroatoms. The van der Waals surface area contributed by atoms with Crippen LogP contribution in [-0.2, 0) is 0 Å². The molecule has 0 radical (unpaired) electrons. The third-order valence-corrected chi connectivity index (χ3v) is 3.55. The van der Waals surface area contributed by atoms with Crippen molar-refractivity contribution in [1.29, 1.82) is 0 Å². The van der Waals surface area contributed by atoms with Crippen molar-refractivity contribution in [3.8, 4) is 0 Å². The van der Waals surface area contributed by atoms with E-state index in [2.05, 4.69) is 15.6 Å². The highest BCUT2D eigenvalue weighted by atomic mass is 35.5. The monoisotopic (exact) mass is 325 g/mol. The first-order chi connectivity index (χ1) is 10.2. The summed E-state index contributed by atoms with van der Waals surface area (Å²) in [5, 5.41) is 16.7. The maximum atomic E-state index is 9.58. The minimum atomic E-state index is -0.285. The first-order valence-corrected chi connectivity index (χ1v) is 7.43. The van der Waals surface area contributed by atoms with Crippen molar-refractivity contribution in [1.82, 2.24) is 4.98 Å². The van der Waals surface area contributed by atoms with E-state index in [0.717, 1.165) is 5.56 Å². The van der Waals surface area contributed by atoms with Gasteiger partial charge in [-0.3, -0.25) is 0 Å². The zero-order valence-electron chi connectivity index (χ0n) is 11.6. The Hall–Kier alpha value is -1.49. The number of aromatic nitrogens is 1. The first-order valence-electron chi connectivity index (χ1n) is 6.68. The van der Waals surface area contributed by atoms with Crippen LogP contribution in [0.15, 0.2) is 36.4 Å². The highest BCUT2D eigenvalue weighted by molar-refractivity contribution is 6.37. The number of aliphatic hydroxyl groups excluding tert-OH is 1. The van der Waals surface area contributed by atoms with Gasteiger partial charge in [0.25, 0.3) is 0 Å². The molecule has 1 aromatic carbocycles. The van der Waals surface area contributed by atoms with Crippen LogP contribution in [-0.4, -0.2) is 23.2 Å². The molecule has 21 heavy (non-hydrogen) atoms. The number of hydrogen-bond donors (Lipinski definition) is 3. The number of hydrogen-bond acceptors (Lipinski definition) is 4. The Morgan fingerprint density at radius 3 is 2.43 bits per heavy atom. The van der Waals surface area contributed by atoms with E-state index in [1.165, 1.54) is 0 Å². The smallest absolute Gasteiger partial charge is 0.147 e. The number of benzene rings is 1. The summed E-state index contributed by atoms with van der Waals surface area (Å²) in [6, 6.07) is 11.0. The first kappa shape index (κ1) is 15.9. The molecule has 0 spiro atoms. The average Bonchev–Trinajstić information content (AvgIpc) is 2.50. The summed E-state index contributed by atoms with van der Waals surface area (Å²) < 4.78 is 0. The van der Waals surface area contributed by atoms with Crippen molar-refractivity contribution in [3.05, 3.63) is 52.0 Å². The maximum absolute atomic E-state index is 9.58. The van der Waals surface area contributed by atoms with Gasteiger partial charge < -0.3 is 15.7 Å². The van der Waals surface area contributed by atoms with Crippen LogP contribution in [0.5, 0.6) is 0 Å². The molecule has 1 atom stereocenters. The maximum Gasteiger partial charge on any atom is 0.147 e. The standard InChI is InChI=1S/C15H17Cl2N3O/c1-2-18-14-11(16)8-12(17)15(20-14)19-13(9-21)10-6-4-3-5-7-10/h3-8,13,21H,2,9H2,1H3,(H2,18,19,20). The van der Waals surface area contributed by atoms with Gasteiger partial charge in [0.15, 0.2) is 0 Å². The summed E-state index contributed by atoms with van der Waals surface area (Å²) in [5.74, 6) is 1.05. The Balaban J connectivity index is 2.27. The number of aliphatic hydroxyl groups is 1. The summed E-state index contributed by atoms with van der Waals surface area (Å²) >= 11 is 12.3. The van der Waals surface area contributed by atoms with E-state index in [9.17, 15) is 5.11 Å². The van der Waals surface area contributed by atoms with Gasteiger partial charge in [-0.25, -0.2) is 4.98 Å². The van der Waals surface area contributed by atoms with Crippen molar-refractivity contribution >= 4 is 34.8 Å². The van der Waals surface area contributed by atoms with Crippen LogP contribution in [0.3, 0.4) is 0 Å². The molecule has 0 saturated carbocycles. The van der Waals surface area contributed by atoms with E-state index in [1.54, 1.807) is 6.07 Å². The quantitative estimate of drug-likeness (QED) is 0.752. The van der Waals surface area contributed by atoms with E-state index in [-0.39, 0.29) is 12.6 Å². The van der Waals surface area contributed by atoms with Gasteiger partial charge in [0.2, 0.25) is 0 Å². The fourth-order valence-corrected chi connectivity index (χ4v) is 2.42. The molecule has 1 heterocycles. The third-order valence-electron chi connectivity index (χ3n) is 2.97. The molecule has 0 aliphatic heterocycles. The molecule has 0 amide bonds. The second-order valence-corrected chi connectivity index (χ2v) is 5.28. The van der Waals surface area contributed by atoms with Crippen LogP contribution >= 0.6 is 23.2 Å². The number of rotatable bonds is 6. The predicted octanol–water partition coefficient (Wildman–Crippen LogP) is 3.97. The molecule has 0 saturated heterocycles. The molecule has 2 aromatic rings. The topological polar surface area (TPSA) is 57.2 Å². The summed E-state index contributed by atoms with van der Waals surface area (Å²) in [5.41, 5.74) is 0.956. The summed E-state index contributed by atoms with van der Waals surface area (Å²) in [6.07, 6.45) is 0. The lowest BCUT2D eigenvalue weighted by molar-refractivity contribution is 0.276. The fourth-order valence-electron chi connectivity index (χ4n) is 1.94. The Bertz CT molecular complexity index is 593. The van der Waals surface area contributed by atoms with Crippen molar-refractivity contribution in [2.45, 2.75) is 13.0 Å². The third kappa shape index (κ3) is 4.00. The lowest BCUT2D eigenvalue weighted by Crippen LogP contribution is -2.16. The highest BCUT2D eigenvalue weighted by Gasteiger charge is 2.14. The Morgan fingerprint density at radius 2 is 1.81 bits per heavy atom. The van der Waals surface area contributed by atoms with Gasteiger partial charge in [-0.05, 0) is 18.6 Å². The summed E-state index contributed by atoms with van der Waals surface area (Å²) in [4.78, 5) is 4.38. The molecule has 1 aromatic heterocycles. The van der Waals surface area contributed by atoms with Crippen LogP contribution < -0.4 is 10.6 Å². The molecule has 112 valence electrons. The predicted molar refractivity (Wildman–Crippen MR) is 88.3 cm³/mol. The number of halogens is 2. The fraction of sp³-hybridized carbons (Fsp3) is 0.267. The molecule has 2 rings (SSSR count). The number of pyridine rings is 1. The van der Waals surface area contributed by atoms with Crippen LogP contribution in [0.1, 0.15) is 18.5 Å². The minimum absolute atomic E-state index is 0.0683. The van der Waals surface area contributed by atoms with Crippen LogP contribution in [0.2, 0.25) is 10.0 Å². The number of nitrogens with one attached hydrogen (secondary N) is 2. The zero-order chi connectivity index (χ0) is 15.2. The SMILES string of the molecule is CCNc1nc(NC(CO)c2ccccc2)c(Cl)cc1Cl. The second kappa shape index (κ2) is 7.50. The van der Waals surface area contributed by atoms with E-state index in [1.807, 2.05) is 37.3 Å². The molecule has 0 fully saturated rings. The lowest BCUT2D eigenvalue weighted by Gasteiger charge is -2.19. The molecular formula is C15H17Cl2N3O. The van der Waals surface area contributed by atoms with Crippen LogP contribution in [0, 0.1) is 0 Å². The minimum Gasteiger partial charge on any atom is -0.394 e. The summed E-state index contributed by atoms with van der Waals surface area (Å²) in [6.45, 7) is 2.59. The zero-order valence-corrected chi connectivity index (χ0v) is 13.1. The Morgan fingerprint density at radius 1 is 1.14 bits per heavy atom. The number of anilines is 2. The lowest BCUT2D eigenvalue weighted by atomic mass is 10.1. The van der Waals surface area contributed by atoms with Gasteiger partial charge in [-0.2, -0.15) is 0 Å². The van der Waals surface area contributed by atoms with Gasteiger partial charge >= 0.3 is 0 Å². The molecule has 4 nitrogen and oxygen atoms in total. The highest BCUT2D eigenvalue weighted by Crippen LogP contribution is 2.31. The van der Waals surface area contributed by atoms with Gasteiger partial charge in [0, 0.05) is 6.54 Å². The van der Waals surface area contributed by atoms with Crippen molar-refractivity contribution in [2.24, 2.45) is 0 Å². The van der Waals surface area contributed by atoms with Crippen molar-refractivity contribution < 1.29 is 5.11 Å². The van der Waals surface area contributed by atoms with E-state index >= 15 is 0 Å². The molecule has 1 unspecified atom stereocenters. The number of nitrogens with zero attached hydrogens (tertiary/aromatic N) is 1. The van der Waals surface area contributed by atoms with Gasteiger partial charge in [-0.15, -0.1) is 0 Å². The van der Waals surface area contributed by atoms with Crippen LogP contribution in [0.4, 0.5) is 11.6 Å².